The lowest BCUT2D eigenvalue weighted by atomic mass is 9.90. The Morgan fingerprint density at radius 2 is 2.10 bits per heavy atom. The number of nitrogens with one attached hydrogen (secondary N) is 1. The zero-order valence-electron chi connectivity index (χ0n) is 18.4. The molecule has 162 valence electrons. The van der Waals surface area contributed by atoms with Crippen LogP contribution in [0.1, 0.15) is 56.9 Å². The van der Waals surface area contributed by atoms with Crippen molar-refractivity contribution in [3.05, 3.63) is 47.6 Å². The summed E-state index contributed by atoms with van der Waals surface area (Å²) in [6.45, 7) is 3.96. The van der Waals surface area contributed by atoms with Crippen LogP contribution in [0.25, 0.3) is 6.08 Å². The van der Waals surface area contributed by atoms with Crippen molar-refractivity contribution in [2.45, 2.75) is 51.4 Å². The summed E-state index contributed by atoms with van der Waals surface area (Å²) in [5, 5.41) is 3.22. The molecule has 3 aliphatic rings. The van der Waals surface area contributed by atoms with Gasteiger partial charge in [0.2, 0.25) is 5.91 Å². The Labute approximate surface area is 181 Å². The lowest BCUT2D eigenvalue weighted by molar-refractivity contribution is -0.123. The van der Waals surface area contributed by atoms with Crippen molar-refractivity contribution >= 4 is 12.0 Å². The van der Waals surface area contributed by atoms with Crippen LogP contribution in [0.15, 0.2) is 42.0 Å². The fourth-order valence-corrected chi connectivity index (χ4v) is 5.19. The highest BCUT2D eigenvalue weighted by molar-refractivity contribution is 5.82. The molecule has 1 amide bonds. The lowest BCUT2D eigenvalue weighted by Gasteiger charge is -2.32. The van der Waals surface area contributed by atoms with E-state index in [0.717, 1.165) is 63.2 Å². The number of para-hydroxylation sites is 1. The molecule has 4 heteroatoms. The second-order valence-electron chi connectivity index (χ2n) is 9.21. The van der Waals surface area contributed by atoms with Crippen LogP contribution in [0.2, 0.25) is 0 Å². The van der Waals surface area contributed by atoms with Crippen molar-refractivity contribution in [3.63, 3.8) is 0 Å². The van der Waals surface area contributed by atoms with Crippen molar-refractivity contribution in [3.8, 4) is 5.75 Å². The van der Waals surface area contributed by atoms with E-state index in [1.54, 1.807) is 12.7 Å². The van der Waals surface area contributed by atoms with E-state index in [1.807, 2.05) is 18.2 Å². The van der Waals surface area contributed by atoms with Gasteiger partial charge in [-0.15, -0.1) is 0 Å². The molecule has 2 fully saturated rings. The summed E-state index contributed by atoms with van der Waals surface area (Å²) >= 11 is 0. The smallest absolute Gasteiger partial charge is 0.223 e. The van der Waals surface area contributed by atoms with Crippen LogP contribution in [0.4, 0.5) is 0 Å². The number of likely N-dealkylation sites (tertiary alicyclic amines) is 1. The number of nitrogens with zero attached hydrogens (tertiary/aromatic N) is 1. The molecule has 1 saturated heterocycles. The van der Waals surface area contributed by atoms with Crippen molar-refractivity contribution in [1.82, 2.24) is 10.2 Å². The van der Waals surface area contributed by atoms with Gasteiger partial charge in [0.25, 0.3) is 0 Å². The molecule has 4 rings (SSSR count). The number of rotatable bonds is 8. The number of hydrogen-bond acceptors (Lipinski definition) is 3. The Bertz CT molecular complexity index is 790. The van der Waals surface area contributed by atoms with Gasteiger partial charge in [0.1, 0.15) is 5.75 Å². The maximum Gasteiger partial charge on any atom is 0.223 e. The van der Waals surface area contributed by atoms with Crippen molar-refractivity contribution in [2.24, 2.45) is 11.3 Å². The third-order valence-corrected chi connectivity index (χ3v) is 7.29. The molecule has 1 saturated carbocycles. The summed E-state index contributed by atoms with van der Waals surface area (Å²) in [5.74, 6) is 1.47. The summed E-state index contributed by atoms with van der Waals surface area (Å²) in [6, 6.07) is 8.11. The van der Waals surface area contributed by atoms with Gasteiger partial charge in [-0.25, -0.2) is 0 Å². The van der Waals surface area contributed by atoms with Crippen LogP contribution < -0.4 is 10.1 Å². The molecule has 0 radical (unpaired) electrons. The maximum atomic E-state index is 12.6. The minimum Gasteiger partial charge on any atom is -0.496 e. The Morgan fingerprint density at radius 3 is 2.87 bits per heavy atom. The van der Waals surface area contributed by atoms with E-state index in [1.165, 1.54) is 25.7 Å². The molecule has 1 aliphatic heterocycles. The minimum atomic E-state index is 0.254. The maximum absolute atomic E-state index is 12.6. The number of carbonyl (C=O) groups is 1. The van der Waals surface area contributed by atoms with E-state index in [4.69, 9.17) is 4.74 Å². The summed E-state index contributed by atoms with van der Waals surface area (Å²) in [4.78, 5) is 15.1. The van der Waals surface area contributed by atoms with Crippen molar-refractivity contribution < 1.29 is 9.53 Å². The predicted octanol–water partition coefficient (Wildman–Crippen LogP) is 4.82. The molecule has 1 aromatic carbocycles. The molecule has 0 bridgehead atoms. The number of allylic oxidation sites excluding steroid dienone is 1. The molecular formula is C26H36N2O2. The van der Waals surface area contributed by atoms with Gasteiger partial charge in [-0.05, 0) is 75.9 Å². The van der Waals surface area contributed by atoms with Gasteiger partial charge >= 0.3 is 0 Å². The Morgan fingerprint density at radius 1 is 1.27 bits per heavy atom. The topological polar surface area (TPSA) is 41.6 Å². The van der Waals surface area contributed by atoms with E-state index in [2.05, 4.69) is 34.5 Å². The van der Waals surface area contributed by atoms with E-state index >= 15 is 0 Å². The molecule has 1 spiro atoms. The largest absolute Gasteiger partial charge is 0.496 e. The van der Waals surface area contributed by atoms with Gasteiger partial charge in [-0.1, -0.05) is 42.0 Å². The normalized spacial score (nSPS) is 23.4. The average Bonchev–Trinajstić information content (AvgIpc) is 3.49. The molecule has 30 heavy (non-hydrogen) atoms. The minimum absolute atomic E-state index is 0.254. The zero-order valence-corrected chi connectivity index (χ0v) is 18.4. The summed E-state index contributed by atoms with van der Waals surface area (Å²) in [6.07, 6.45) is 16.3. The molecule has 4 nitrogen and oxygen atoms in total. The fourth-order valence-electron chi connectivity index (χ4n) is 5.19. The van der Waals surface area contributed by atoms with E-state index in [9.17, 15) is 4.79 Å². The number of carbonyl (C=O) groups excluding carboxylic acids is 1. The van der Waals surface area contributed by atoms with E-state index < -0.39 is 0 Å². The summed E-state index contributed by atoms with van der Waals surface area (Å²) in [5.41, 5.74) is 2.95. The Balaban J connectivity index is 1.17. The monoisotopic (exact) mass is 408 g/mol. The number of amides is 1. The van der Waals surface area contributed by atoms with Crippen LogP contribution in [-0.2, 0) is 4.79 Å². The lowest BCUT2D eigenvalue weighted by Crippen LogP contribution is -2.37. The highest BCUT2D eigenvalue weighted by Crippen LogP contribution is 2.59. The van der Waals surface area contributed by atoms with Crippen LogP contribution in [0.3, 0.4) is 0 Å². The van der Waals surface area contributed by atoms with Gasteiger partial charge in [0.05, 0.1) is 7.11 Å². The van der Waals surface area contributed by atoms with Crippen LogP contribution in [-0.4, -0.2) is 44.1 Å². The van der Waals surface area contributed by atoms with Gasteiger partial charge in [0, 0.05) is 24.6 Å². The van der Waals surface area contributed by atoms with Crippen LogP contribution in [0, 0.1) is 11.3 Å². The summed E-state index contributed by atoms with van der Waals surface area (Å²) < 4.78 is 5.41. The first-order valence-electron chi connectivity index (χ1n) is 11.7. The molecule has 1 atom stereocenters. The SMILES string of the molecule is COc1ccccc1C=CCN1CCC2(CC1)CC2C(=O)NCCC1=CCCCC1. The second kappa shape index (κ2) is 9.82. The van der Waals surface area contributed by atoms with Gasteiger partial charge in [-0.3, -0.25) is 9.69 Å². The third kappa shape index (κ3) is 5.15. The van der Waals surface area contributed by atoms with E-state index in [-0.39, 0.29) is 11.3 Å². The van der Waals surface area contributed by atoms with Crippen LogP contribution >= 0.6 is 0 Å². The van der Waals surface area contributed by atoms with E-state index in [0.29, 0.717) is 5.91 Å². The predicted molar refractivity (Wildman–Crippen MR) is 122 cm³/mol. The first-order chi connectivity index (χ1) is 14.7. The first kappa shape index (κ1) is 21.2. The highest BCUT2D eigenvalue weighted by Gasteiger charge is 2.58. The second-order valence-corrected chi connectivity index (χ2v) is 9.21. The molecule has 1 N–H and O–H groups in total. The highest BCUT2D eigenvalue weighted by atomic mass is 16.5. The number of piperidine rings is 1. The van der Waals surface area contributed by atoms with Gasteiger partial charge < -0.3 is 10.1 Å². The van der Waals surface area contributed by atoms with Gasteiger partial charge in [-0.2, -0.15) is 0 Å². The Hall–Kier alpha value is -2.07. The third-order valence-electron chi connectivity index (χ3n) is 7.29. The molecule has 1 heterocycles. The number of benzene rings is 1. The number of methoxy groups -OCH3 is 1. The molecule has 1 aromatic rings. The Kier molecular flexibility index (Phi) is 6.93. The zero-order chi connectivity index (χ0) is 20.8. The average molecular weight is 409 g/mol. The fraction of sp³-hybridized carbons (Fsp3) is 0.577. The first-order valence-corrected chi connectivity index (χ1v) is 11.7. The summed E-state index contributed by atoms with van der Waals surface area (Å²) in [7, 11) is 1.71. The number of hydrogen-bond donors (Lipinski definition) is 1. The quantitative estimate of drug-likeness (QED) is 0.627. The molecule has 1 unspecified atom stereocenters. The number of ether oxygens (including phenoxy) is 1. The standard InChI is InChI=1S/C26H36N2O2/c1-30-24-12-6-5-10-22(24)11-7-17-28-18-14-26(15-19-28)20-23(26)25(29)27-16-13-21-8-3-2-4-9-21/h5-8,10-12,23H,2-4,9,13-20H2,1H3,(H,27,29). The van der Waals surface area contributed by atoms with Crippen LogP contribution in [0.5, 0.6) is 5.75 Å². The molecular weight excluding hydrogens is 372 g/mol. The molecule has 2 aliphatic carbocycles. The van der Waals surface area contributed by atoms with Crippen molar-refractivity contribution in [2.75, 3.05) is 33.3 Å². The molecule has 0 aromatic heterocycles. The van der Waals surface area contributed by atoms with Gasteiger partial charge in [0.15, 0.2) is 0 Å². The van der Waals surface area contributed by atoms with Crippen molar-refractivity contribution in [1.29, 1.82) is 0 Å².